The number of rotatable bonds is 3. The molecule has 2 aromatic rings. The fraction of sp³-hybridized carbons (Fsp3) is 0.357. The number of anilines is 1. The van der Waals surface area contributed by atoms with Crippen LogP contribution in [0.5, 0.6) is 0 Å². The Morgan fingerprint density at radius 3 is 2.58 bits per heavy atom. The van der Waals surface area contributed by atoms with Crippen LogP contribution in [0.15, 0.2) is 24.3 Å². The molecule has 1 amide bonds. The standard InChI is InChI=1S/C14H18N4O/c1-9(2)12-15-13(17-16-12)14(19)18(4)11-8-6-5-7-10(11)3/h5-9H,1-4H3,(H,15,16,17). The molecule has 0 saturated carbocycles. The van der Waals surface area contributed by atoms with Crippen molar-refractivity contribution >= 4 is 11.6 Å². The number of hydrogen-bond donors (Lipinski definition) is 1. The lowest BCUT2D eigenvalue weighted by atomic mass is 10.2. The monoisotopic (exact) mass is 258 g/mol. The summed E-state index contributed by atoms with van der Waals surface area (Å²) in [6.45, 7) is 5.97. The molecule has 5 heteroatoms. The molecule has 0 spiro atoms. The van der Waals surface area contributed by atoms with Gasteiger partial charge in [0.25, 0.3) is 5.91 Å². The Hall–Kier alpha value is -2.17. The number of nitrogens with one attached hydrogen (secondary N) is 1. The molecule has 2 rings (SSSR count). The highest BCUT2D eigenvalue weighted by atomic mass is 16.2. The van der Waals surface area contributed by atoms with E-state index in [0.717, 1.165) is 17.1 Å². The molecular weight excluding hydrogens is 240 g/mol. The van der Waals surface area contributed by atoms with Crippen LogP contribution < -0.4 is 4.90 Å². The SMILES string of the molecule is Cc1ccccc1N(C)C(=O)c1n[nH]c(C(C)C)n1. The van der Waals surface area contributed by atoms with Crippen LogP contribution in [-0.4, -0.2) is 28.1 Å². The summed E-state index contributed by atoms with van der Waals surface area (Å²) in [6, 6.07) is 7.73. The Morgan fingerprint density at radius 1 is 1.32 bits per heavy atom. The molecule has 1 aromatic heterocycles. The molecule has 19 heavy (non-hydrogen) atoms. The van der Waals surface area contributed by atoms with Crippen molar-refractivity contribution in [3.63, 3.8) is 0 Å². The quantitative estimate of drug-likeness (QED) is 0.920. The number of amides is 1. The van der Waals surface area contributed by atoms with Gasteiger partial charge in [-0.2, -0.15) is 0 Å². The van der Waals surface area contributed by atoms with Crippen molar-refractivity contribution in [1.29, 1.82) is 0 Å². The van der Waals surface area contributed by atoms with Crippen molar-refractivity contribution in [3.05, 3.63) is 41.5 Å². The number of aromatic nitrogens is 3. The van der Waals surface area contributed by atoms with E-state index < -0.39 is 0 Å². The van der Waals surface area contributed by atoms with Gasteiger partial charge >= 0.3 is 0 Å². The molecule has 0 saturated heterocycles. The Balaban J connectivity index is 2.26. The third-order valence-electron chi connectivity index (χ3n) is 3.02. The Kier molecular flexibility index (Phi) is 3.64. The van der Waals surface area contributed by atoms with Gasteiger partial charge in [0.15, 0.2) is 0 Å². The first kappa shape index (κ1) is 13.3. The summed E-state index contributed by atoms with van der Waals surface area (Å²) < 4.78 is 0. The van der Waals surface area contributed by atoms with E-state index in [1.165, 1.54) is 0 Å². The third kappa shape index (κ3) is 2.65. The highest BCUT2D eigenvalue weighted by Gasteiger charge is 2.20. The van der Waals surface area contributed by atoms with E-state index in [9.17, 15) is 4.79 Å². The molecule has 0 aliphatic rings. The van der Waals surface area contributed by atoms with E-state index >= 15 is 0 Å². The van der Waals surface area contributed by atoms with Crippen LogP contribution >= 0.6 is 0 Å². The van der Waals surface area contributed by atoms with Crippen LogP contribution in [-0.2, 0) is 0 Å². The van der Waals surface area contributed by atoms with Crippen LogP contribution in [0.2, 0.25) is 0 Å². The van der Waals surface area contributed by atoms with Crippen molar-refractivity contribution < 1.29 is 4.79 Å². The van der Waals surface area contributed by atoms with Crippen molar-refractivity contribution in [2.24, 2.45) is 0 Å². The molecule has 0 radical (unpaired) electrons. The van der Waals surface area contributed by atoms with Crippen LogP contribution in [0, 0.1) is 6.92 Å². The number of hydrogen-bond acceptors (Lipinski definition) is 3. The smallest absolute Gasteiger partial charge is 0.297 e. The fourth-order valence-electron chi connectivity index (χ4n) is 1.83. The van der Waals surface area contributed by atoms with E-state index in [1.807, 2.05) is 45.0 Å². The molecule has 1 N–H and O–H groups in total. The van der Waals surface area contributed by atoms with Gasteiger partial charge in [-0.3, -0.25) is 9.89 Å². The van der Waals surface area contributed by atoms with E-state index in [1.54, 1.807) is 11.9 Å². The van der Waals surface area contributed by atoms with E-state index in [0.29, 0.717) is 0 Å². The van der Waals surface area contributed by atoms with Gasteiger partial charge in [-0.1, -0.05) is 32.0 Å². The number of carbonyl (C=O) groups is 1. The van der Waals surface area contributed by atoms with Crippen LogP contribution in [0.3, 0.4) is 0 Å². The maximum Gasteiger partial charge on any atom is 0.297 e. The Morgan fingerprint density at radius 2 is 2.00 bits per heavy atom. The number of aromatic amines is 1. The van der Waals surface area contributed by atoms with Gasteiger partial charge in [0, 0.05) is 18.7 Å². The van der Waals surface area contributed by atoms with Gasteiger partial charge in [0.05, 0.1) is 0 Å². The molecule has 0 unspecified atom stereocenters. The molecule has 0 aliphatic heterocycles. The van der Waals surface area contributed by atoms with E-state index in [4.69, 9.17) is 0 Å². The van der Waals surface area contributed by atoms with Crippen molar-refractivity contribution in [2.75, 3.05) is 11.9 Å². The summed E-state index contributed by atoms with van der Waals surface area (Å²) in [5.74, 6) is 0.936. The van der Waals surface area contributed by atoms with Crippen molar-refractivity contribution in [2.45, 2.75) is 26.7 Å². The van der Waals surface area contributed by atoms with Crippen LogP contribution in [0.4, 0.5) is 5.69 Å². The van der Waals surface area contributed by atoms with Gasteiger partial charge in [-0.25, -0.2) is 4.98 Å². The first-order valence-corrected chi connectivity index (χ1v) is 6.26. The second-order valence-electron chi connectivity index (χ2n) is 4.85. The molecular formula is C14H18N4O. The Labute approximate surface area is 112 Å². The highest BCUT2D eigenvalue weighted by Crippen LogP contribution is 2.19. The minimum absolute atomic E-state index is 0.203. The summed E-state index contributed by atoms with van der Waals surface area (Å²) in [4.78, 5) is 18.1. The summed E-state index contributed by atoms with van der Waals surface area (Å²) in [5.41, 5.74) is 1.90. The van der Waals surface area contributed by atoms with Crippen LogP contribution in [0.1, 0.15) is 41.8 Å². The van der Waals surface area contributed by atoms with Gasteiger partial charge in [-0.15, -0.1) is 5.10 Å². The Bertz CT molecular complexity index is 589. The summed E-state index contributed by atoms with van der Waals surface area (Å²) in [6.07, 6.45) is 0. The zero-order valence-electron chi connectivity index (χ0n) is 11.6. The number of aryl methyl sites for hydroxylation is 1. The van der Waals surface area contributed by atoms with E-state index in [2.05, 4.69) is 15.2 Å². The summed E-state index contributed by atoms with van der Waals surface area (Å²) in [5, 5.41) is 6.78. The minimum Gasteiger partial charge on any atom is -0.308 e. The summed E-state index contributed by atoms with van der Waals surface area (Å²) in [7, 11) is 1.73. The molecule has 1 heterocycles. The highest BCUT2D eigenvalue weighted by molar-refractivity contribution is 6.03. The number of para-hydroxylation sites is 1. The largest absolute Gasteiger partial charge is 0.308 e. The lowest BCUT2D eigenvalue weighted by Gasteiger charge is -2.17. The zero-order chi connectivity index (χ0) is 14.0. The van der Waals surface area contributed by atoms with Gasteiger partial charge < -0.3 is 4.90 Å². The number of nitrogens with zero attached hydrogens (tertiary/aromatic N) is 3. The third-order valence-corrected chi connectivity index (χ3v) is 3.02. The molecule has 0 aliphatic carbocycles. The predicted octanol–water partition coefficient (Wildman–Crippen LogP) is 2.51. The molecule has 100 valence electrons. The fourth-order valence-corrected chi connectivity index (χ4v) is 1.83. The maximum absolute atomic E-state index is 12.3. The predicted molar refractivity (Wildman–Crippen MR) is 74.4 cm³/mol. The topological polar surface area (TPSA) is 61.9 Å². The first-order chi connectivity index (χ1) is 9.00. The zero-order valence-corrected chi connectivity index (χ0v) is 11.6. The molecule has 5 nitrogen and oxygen atoms in total. The van der Waals surface area contributed by atoms with E-state index in [-0.39, 0.29) is 17.6 Å². The van der Waals surface area contributed by atoms with Crippen molar-refractivity contribution in [1.82, 2.24) is 15.2 Å². The lowest BCUT2D eigenvalue weighted by molar-refractivity contribution is 0.0983. The van der Waals surface area contributed by atoms with Crippen LogP contribution in [0.25, 0.3) is 0 Å². The van der Waals surface area contributed by atoms with Gasteiger partial charge in [-0.05, 0) is 18.6 Å². The molecule has 0 bridgehead atoms. The minimum atomic E-state index is -0.211. The maximum atomic E-state index is 12.3. The van der Waals surface area contributed by atoms with Crippen molar-refractivity contribution in [3.8, 4) is 0 Å². The average molecular weight is 258 g/mol. The molecule has 0 fully saturated rings. The lowest BCUT2D eigenvalue weighted by Crippen LogP contribution is -2.28. The number of H-pyrrole nitrogens is 1. The second-order valence-corrected chi connectivity index (χ2v) is 4.85. The summed E-state index contributed by atoms with van der Waals surface area (Å²) >= 11 is 0. The second kappa shape index (κ2) is 5.22. The number of carbonyl (C=O) groups excluding carboxylic acids is 1. The van der Waals surface area contributed by atoms with Gasteiger partial charge in [0.2, 0.25) is 5.82 Å². The number of benzene rings is 1. The molecule has 1 aromatic carbocycles. The molecule has 0 atom stereocenters. The average Bonchev–Trinajstić information content (AvgIpc) is 2.87. The first-order valence-electron chi connectivity index (χ1n) is 6.26. The normalized spacial score (nSPS) is 10.8. The van der Waals surface area contributed by atoms with Gasteiger partial charge in [0.1, 0.15) is 5.82 Å².